The number of hydrogen-bond donors (Lipinski definition) is 1. The van der Waals surface area contributed by atoms with Crippen molar-refractivity contribution in [1.29, 1.82) is 0 Å². The van der Waals surface area contributed by atoms with Gasteiger partial charge >= 0.3 is 6.09 Å². The average molecular weight is 439 g/mol. The van der Waals surface area contributed by atoms with Gasteiger partial charge in [-0.25, -0.2) is 4.79 Å². The lowest BCUT2D eigenvalue weighted by Gasteiger charge is -2.25. The molecule has 0 heterocycles. The van der Waals surface area contributed by atoms with E-state index in [0.29, 0.717) is 0 Å². The zero-order valence-corrected chi connectivity index (χ0v) is 20.0. The molecule has 2 rings (SSSR count). The van der Waals surface area contributed by atoms with E-state index < -0.39 is 11.7 Å². The van der Waals surface area contributed by atoms with Gasteiger partial charge in [-0.05, 0) is 70.4 Å². The van der Waals surface area contributed by atoms with Crippen LogP contribution in [0, 0.1) is 0 Å². The van der Waals surface area contributed by atoms with Gasteiger partial charge in [0.15, 0.2) is 0 Å². The number of rotatable bonds is 11. The number of carbonyl (C=O) groups is 2. The first-order chi connectivity index (χ1) is 15.2. The molecule has 0 radical (unpaired) electrons. The summed E-state index contributed by atoms with van der Waals surface area (Å²) in [4.78, 5) is 26.1. The number of ether oxygens (including phenoxy) is 1. The molecule has 0 bridgehead atoms. The van der Waals surface area contributed by atoms with Gasteiger partial charge in [0.05, 0.1) is 0 Å². The Hall–Kier alpha value is -2.82. The van der Waals surface area contributed by atoms with E-state index in [9.17, 15) is 9.59 Å². The van der Waals surface area contributed by atoms with Crippen molar-refractivity contribution < 1.29 is 14.3 Å². The zero-order valence-electron chi connectivity index (χ0n) is 20.0. The van der Waals surface area contributed by atoms with E-state index >= 15 is 0 Å². The second-order valence-corrected chi connectivity index (χ2v) is 9.36. The summed E-state index contributed by atoms with van der Waals surface area (Å²) in [5.74, 6) is -0.150. The molecule has 0 atom stereocenters. The molecule has 174 valence electrons. The molecule has 0 aromatic heterocycles. The van der Waals surface area contributed by atoms with Crippen LogP contribution < -0.4 is 5.32 Å². The van der Waals surface area contributed by atoms with E-state index in [1.807, 2.05) is 32.9 Å². The highest BCUT2D eigenvalue weighted by Crippen LogP contribution is 2.13. The molecule has 0 spiro atoms. The quantitative estimate of drug-likeness (QED) is 0.512. The average Bonchev–Trinajstić information content (AvgIpc) is 2.74. The van der Waals surface area contributed by atoms with Crippen molar-refractivity contribution in [3.63, 3.8) is 0 Å². The predicted octanol–water partition coefficient (Wildman–Crippen LogP) is 5.38. The van der Waals surface area contributed by atoms with Crippen molar-refractivity contribution in [1.82, 2.24) is 10.2 Å². The molecule has 1 N–H and O–H groups in total. The second-order valence-electron chi connectivity index (χ2n) is 9.36. The number of amides is 2. The number of nitrogens with one attached hydrogen (secondary N) is 1. The fraction of sp³-hybridized carbons (Fsp3) is 0.481. The Balaban J connectivity index is 1.86. The Morgan fingerprint density at radius 1 is 0.875 bits per heavy atom. The standard InChI is InChI=1S/C27H38N2O3/c1-27(2,3)32-26(31)29(4)21-25(30)28-24(19-11-17-22-13-7-5-8-14-22)20-12-18-23-15-9-6-10-16-23/h5-10,13-16,24H,11-12,17-21H2,1-4H3,(H,28,30). The highest BCUT2D eigenvalue weighted by atomic mass is 16.6. The number of likely N-dealkylation sites (N-methyl/N-ethyl adjacent to an activating group) is 1. The summed E-state index contributed by atoms with van der Waals surface area (Å²) in [5, 5.41) is 3.15. The van der Waals surface area contributed by atoms with Crippen LogP contribution in [0.2, 0.25) is 0 Å². The molecule has 0 unspecified atom stereocenters. The third kappa shape index (κ3) is 10.5. The van der Waals surface area contributed by atoms with E-state index in [-0.39, 0.29) is 18.5 Å². The smallest absolute Gasteiger partial charge is 0.410 e. The Kier molecular flexibility index (Phi) is 10.3. The SMILES string of the molecule is CN(CC(=O)NC(CCCc1ccccc1)CCCc1ccccc1)C(=O)OC(C)(C)C. The van der Waals surface area contributed by atoms with Crippen molar-refractivity contribution in [3.05, 3.63) is 71.8 Å². The summed E-state index contributed by atoms with van der Waals surface area (Å²) in [7, 11) is 1.59. The minimum Gasteiger partial charge on any atom is -0.444 e. The molecule has 0 aliphatic carbocycles. The van der Waals surface area contributed by atoms with Gasteiger partial charge < -0.3 is 15.0 Å². The molecule has 5 nitrogen and oxygen atoms in total. The lowest BCUT2D eigenvalue weighted by atomic mass is 9.99. The molecule has 5 heteroatoms. The lowest BCUT2D eigenvalue weighted by Crippen LogP contribution is -2.44. The lowest BCUT2D eigenvalue weighted by molar-refractivity contribution is -0.122. The van der Waals surface area contributed by atoms with E-state index in [1.165, 1.54) is 16.0 Å². The van der Waals surface area contributed by atoms with Crippen molar-refractivity contribution in [2.24, 2.45) is 0 Å². The fourth-order valence-electron chi connectivity index (χ4n) is 3.58. The van der Waals surface area contributed by atoms with Gasteiger partial charge in [-0.1, -0.05) is 60.7 Å². The summed E-state index contributed by atoms with van der Waals surface area (Å²) < 4.78 is 5.34. The first-order valence-electron chi connectivity index (χ1n) is 11.5. The number of carbonyl (C=O) groups excluding carboxylic acids is 2. The predicted molar refractivity (Wildman–Crippen MR) is 130 cm³/mol. The van der Waals surface area contributed by atoms with Crippen molar-refractivity contribution in [3.8, 4) is 0 Å². The van der Waals surface area contributed by atoms with Gasteiger partial charge in [0, 0.05) is 13.1 Å². The summed E-state index contributed by atoms with van der Waals surface area (Å²) in [6.45, 7) is 5.43. The van der Waals surface area contributed by atoms with Gasteiger partial charge in [0.25, 0.3) is 0 Å². The Morgan fingerprint density at radius 2 is 1.34 bits per heavy atom. The molecule has 0 saturated heterocycles. The highest BCUT2D eigenvalue weighted by molar-refractivity contribution is 5.82. The Morgan fingerprint density at radius 3 is 1.78 bits per heavy atom. The van der Waals surface area contributed by atoms with Crippen LogP contribution >= 0.6 is 0 Å². The zero-order chi connectivity index (χ0) is 23.4. The third-order valence-corrected chi connectivity index (χ3v) is 5.17. The second kappa shape index (κ2) is 12.9. The summed E-state index contributed by atoms with van der Waals surface area (Å²) >= 11 is 0. The van der Waals surface area contributed by atoms with Crippen LogP contribution in [0.1, 0.15) is 57.6 Å². The highest BCUT2D eigenvalue weighted by Gasteiger charge is 2.22. The van der Waals surface area contributed by atoms with Crippen LogP contribution in [0.5, 0.6) is 0 Å². The van der Waals surface area contributed by atoms with E-state index in [1.54, 1.807) is 7.05 Å². The van der Waals surface area contributed by atoms with Gasteiger partial charge in [-0.2, -0.15) is 0 Å². The van der Waals surface area contributed by atoms with E-state index in [4.69, 9.17) is 4.74 Å². The van der Waals surface area contributed by atoms with Crippen molar-refractivity contribution >= 4 is 12.0 Å². The minimum atomic E-state index is -0.584. The Labute approximate surface area is 193 Å². The van der Waals surface area contributed by atoms with Gasteiger partial charge in [0.2, 0.25) is 5.91 Å². The number of benzene rings is 2. The van der Waals surface area contributed by atoms with Gasteiger partial charge in [-0.15, -0.1) is 0 Å². The first kappa shape index (κ1) is 25.4. The molecule has 0 aliphatic rings. The van der Waals surface area contributed by atoms with Gasteiger partial charge in [-0.3, -0.25) is 4.79 Å². The van der Waals surface area contributed by atoms with Crippen LogP contribution in [0.3, 0.4) is 0 Å². The first-order valence-corrected chi connectivity index (χ1v) is 11.5. The molecule has 32 heavy (non-hydrogen) atoms. The Bertz CT molecular complexity index is 770. The van der Waals surface area contributed by atoms with Crippen molar-refractivity contribution in [2.75, 3.05) is 13.6 Å². The molecule has 2 aromatic rings. The minimum absolute atomic E-state index is 0.0111. The third-order valence-electron chi connectivity index (χ3n) is 5.17. The maximum absolute atomic E-state index is 12.6. The molecular weight excluding hydrogens is 400 g/mol. The van der Waals surface area contributed by atoms with E-state index in [0.717, 1.165) is 38.5 Å². The maximum atomic E-state index is 12.6. The van der Waals surface area contributed by atoms with Crippen LogP contribution in [-0.2, 0) is 22.4 Å². The fourth-order valence-corrected chi connectivity index (χ4v) is 3.58. The molecular formula is C27H38N2O3. The number of aryl methyl sites for hydroxylation is 2. The van der Waals surface area contributed by atoms with Gasteiger partial charge in [0.1, 0.15) is 12.1 Å². The number of hydrogen-bond acceptors (Lipinski definition) is 3. The topological polar surface area (TPSA) is 58.6 Å². The molecule has 0 aliphatic heterocycles. The van der Waals surface area contributed by atoms with Crippen LogP contribution in [-0.4, -0.2) is 42.1 Å². The largest absolute Gasteiger partial charge is 0.444 e. The monoisotopic (exact) mass is 438 g/mol. The van der Waals surface area contributed by atoms with Crippen LogP contribution in [0.4, 0.5) is 4.79 Å². The molecule has 0 saturated carbocycles. The van der Waals surface area contributed by atoms with Crippen LogP contribution in [0.25, 0.3) is 0 Å². The molecule has 2 amide bonds. The maximum Gasteiger partial charge on any atom is 0.410 e. The summed E-state index contributed by atoms with van der Waals surface area (Å²) in [5.41, 5.74) is 2.04. The van der Waals surface area contributed by atoms with E-state index in [2.05, 4.69) is 53.8 Å². The summed E-state index contributed by atoms with van der Waals surface area (Å²) in [6, 6.07) is 20.9. The van der Waals surface area contributed by atoms with Crippen LogP contribution in [0.15, 0.2) is 60.7 Å². The van der Waals surface area contributed by atoms with Crippen molar-refractivity contribution in [2.45, 2.75) is 70.9 Å². The summed E-state index contributed by atoms with van der Waals surface area (Å²) in [6.07, 6.45) is 5.31. The number of nitrogens with zero attached hydrogens (tertiary/aromatic N) is 1. The molecule has 2 aromatic carbocycles. The molecule has 0 fully saturated rings. The normalized spacial score (nSPS) is 11.3.